The normalized spacial score (nSPS) is 49.4. The lowest BCUT2D eigenvalue weighted by molar-refractivity contribution is -0.120. The van der Waals surface area contributed by atoms with Crippen LogP contribution in [0.3, 0.4) is 0 Å². The first-order chi connectivity index (χ1) is 7.73. The predicted molar refractivity (Wildman–Crippen MR) is 61.1 cm³/mol. The summed E-state index contributed by atoms with van der Waals surface area (Å²) in [6, 6.07) is 0. The van der Waals surface area contributed by atoms with E-state index in [0.29, 0.717) is 12.1 Å². The van der Waals surface area contributed by atoms with Gasteiger partial charge in [-0.2, -0.15) is 0 Å². The molecule has 5 aliphatic rings. The Balaban J connectivity index is 1.66. The predicted octanol–water partition coefficient (Wildman–Crippen LogP) is 1.83. The van der Waals surface area contributed by atoms with Crippen molar-refractivity contribution in [3.05, 3.63) is 0 Å². The molecule has 1 amide bonds. The van der Waals surface area contributed by atoms with Crippen molar-refractivity contribution < 1.29 is 4.79 Å². The fourth-order valence-corrected chi connectivity index (χ4v) is 5.07. The summed E-state index contributed by atoms with van der Waals surface area (Å²) in [6.07, 6.45) is 10.2. The zero-order valence-electron chi connectivity index (χ0n) is 9.56. The number of aliphatic imine (C=N–C) groups is 1. The third-order valence-electron chi connectivity index (χ3n) is 5.26. The monoisotopic (exact) mass is 218 g/mol. The van der Waals surface area contributed by atoms with E-state index in [4.69, 9.17) is 0 Å². The maximum atomic E-state index is 11.3. The molecule has 4 aliphatic carbocycles. The second-order valence-electron chi connectivity index (χ2n) is 6.41. The minimum atomic E-state index is 0.0516. The molecule has 4 saturated carbocycles. The van der Waals surface area contributed by atoms with E-state index >= 15 is 0 Å². The van der Waals surface area contributed by atoms with Gasteiger partial charge in [0.15, 0.2) is 0 Å². The van der Waals surface area contributed by atoms with Gasteiger partial charge in [0.2, 0.25) is 0 Å². The highest BCUT2D eigenvalue weighted by Crippen LogP contribution is 2.57. The van der Waals surface area contributed by atoms with E-state index in [1.54, 1.807) is 0 Å². The fourth-order valence-electron chi connectivity index (χ4n) is 5.07. The van der Waals surface area contributed by atoms with Crippen molar-refractivity contribution >= 4 is 12.2 Å². The second kappa shape index (κ2) is 2.88. The minimum Gasteiger partial charge on any atom is -0.347 e. The summed E-state index contributed by atoms with van der Waals surface area (Å²) in [4.78, 5) is 17.5. The first kappa shape index (κ1) is 9.20. The van der Waals surface area contributed by atoms with Crippen molar-refractivity contribution in [1.82, 2.24) is 4.90 Å². The molecule has 0 atom stereocenters. The van der Waals surface area contributed by atoms with Gasteiger partial charge in [0.25, 0.3) is 5.91 Å². The van der Waals surface area contributed by atoms with Crippen LogP contribution in [0.5, 0.6) is 0 Å². The summed E-state index contributed by atoms with van der Waals surface area (Å²) < 4.78 is 0. The second-order valence-corrected chi connectivity index (χ2v) is 6.41. The molecule has 1 heterocycles. The van der Waals surface area contributed by atoms with E-state index in [2.05, 4.69) is 9.89 Å². The van der Waals surface area contributed by atoms with Gasteiger partial charge >= 0.3 is 0 Å². The molecule has 0 aromatic rings. The standard InChI is InChI=1S/C13H18N2O/c16-12-7-15(8-14-12)13-4-9-1-10(5-13)3-11(2-9)6-13/h8-11H,1-7H2. The number of rotatable bonds is 1. The summed E-state index contributed by atoms with van der Waals surface area (Å²) in [5.41, 5.74) is 0.324. The maximum Gasteiger partial charge on any atom is 0.266 e. The summed E-state index contributed by atoms with van der Waals surface area (Å²) in [5, 5.41) is 0. The molecule has 0 radical (unpaired) electrons. The number of amides is 1. The van der Waals surface area contributed by atoms with Crippen molar-refractivity contribution in [2.45, 2.75) is 44.1 Å². The van der Waals surface area contributed by atoms with Gasteiger partial charge in [0.1, 0.15) is 6.54 Å². The third kappa shape index (κ3) is 1.14. The summed E-state index contributed by atoms with van der Waals surface area (Å²) in [7, 11) is 0. The van der Waals surface area contributed by atoms with E-state index in [0.717, 1.165) is 17.8 Å². The van der Waals surface area contributed by atoms with Gasteiger partial charge in [-0.25, -0.2) is 4.99 Å². The number of carbonyl (C=O) groups excluding carboxylic acids is 1. The lowest BCUT2D eigenvalue weighted by Gasteiger charge is -2.59. The largest absolute Gasteiger partial charge is 0.347 e. The molecule has 5 rings (SSSR count). The van der Waals surface area contributed by atoms with Gasteiger partial charge in [-0.05, 0) is 56.3 Å². The van der Waals surface area contributed by atoms with E-state index in [1.165, 1.54) is 38.5 Å². The van der Waals surface area contributed by atoms with Crippen LogP contribution in [0.15, 0.2) is 4.99 Å². The van der Waals surface area contributed by atoms with Gasteiger partial charge in [0, 0.05) is 5.54 Å². The van der Waals surface area contributed by atoms with Crippen molar-refractivity contribution in [2.24, 2.45) is 22.7 Å². The Morgan fingerprint density at radius 3 is 2.12 bits per heavy atom. The Hall–Kier alpha value is -0.860. The first-order valence-electron chi connectivity index (χ1n) is 6.57. The van der Waals surface area contributed by atoms with E-state index in [-0.39, 0.29) is 5.91 Å². The molecule has 0 N–H and O–H groups in total. The summed E-state index contributed by atoms with van der Waals surface area (Å²) in [6.45, 7) is 0.548. The van der Waals surface area contributed by atoms with E-state index < -0.39 is 0 Å². The molecule has 0 saturated heterocycles. The maximum absolute atomic E-state index is 11.3. The molecule has 0 spiro atoms. The molecule has 0 unspecified atom stereocenters. The zero-order valence-corrected chi connectivity index (χ0v) is 9.56. The first-order valence-corrected chi connectivity index (χ1v) is 6.57. The molecule has 4 fully saturated rings. The molecule has 16 heavy (non-hydrogen) atoms. The molecular formula is C13H18N2O. The van der Waals surface area contributed by atoms with Gasteiger partial charge in [-0.3, -0.25) is 4.79 Å². The van der Waals surface area contributed by atoms with Crippen LogP contribution in [0.25, 0.3) is 0 Å². The van der Waals surface area contributed by atoms with Crippen LogP contribution in [0.2, 0.25) is 0 Å². The summed E-state index contributed by atoms with van der Waals surface area (Å²) in [5.74, 6) is 2.87. The van der Waals surface area contributed by atoms with Gasteiger partial charge in [-0.1, -0.05) is 0 Å². The fraction of sp³-hybridized carbons (Fsp3) is 0.846. The van der Waals surface area contributed by atoms with Crippen LogP contribution in [0, 0.1) is 17.8 Å². The molecule has 0 aromatic carbocycles. The quantitative estimate of drug-likeness (QED) is 0.672. The number of hydrogen-bond acceptors (Lipinski definition) is 2. The molecule has 4 bridgehead atoms. The van der Waals surface area contributed by atoms with Crippen LogP contribution in [0.1, 0.15) is 38.5 Å². The Morgan fingerprint density at radius 1 is 1.12 bits per heavy atom. The van der Waals surface area contributed by atoms with Crippen LogP contribution in [-0.4, -0.2) is 29.2 Å². The van der Waals surface area contributed by atoms with Crippen LogP contribution in [0.4, 0.5) is 0 Å². The Morgan fingerprint density at radius 2 is 1.69 bits per heavy atom. The minimum absolute atomic E-state index is 0.0516. The van der Waals surface area contributed by atoms with Gasteiger partial charge in [-0.15, -0.1) is 0 Å². The van der Waals surface area contributed by atoms with Gasteiger partial charge < -0.3 is 4.90 Å². The van der Waals surface area contributed by atoms with Crippen molar-refractivity contribution in [3.63, 3.8) is 0 Å². The highest BCUT2D eigenvalue weighted by molar-refractivity contribution is 5.92. The van der Waals surface area contributed by atoms with Gasteiger partial charge in [0.05, 0.1) is 6.34 Å². The van der Waals surface area contributed by atoms with Crippen molar-refractivity contribution in [2.75, 3.05) is 6.54 Å². The SMILES string of the molecule is O=C1CN(C23CC4CC(CC(C4)C2)C3)C=N1. The highest BCUT2D eigenvalue weighted by Gasteiger charge is 2.53. The number of carbonyl (C=O) groups is 1. The average Bonchev–Trinajstić information content (AvgIpc) is 2.63. The molecule has 3 heteroatoms. The van der Waals surface area contributed by atoms with E-state index in [1.807, 2.05) is 6.34 Å². The summed E-state index contributed by atoms with van der Waals surface area (Å²) >= 11 is 0. The smallest absolute Gasteiger partial charge is 0.266 e. The molecule has 86 valence electrons. The molecular weight excluding hydrogens is 200 g/mol. The third-order valence-corrected chi connectivity index (χ3v) is 5.26. The Labute approximate surface area is 95.9 Å². The molecule has 0 aromatic heterocycles. The Kier molecular flexibility index (Phi) is 1.65. The average molecular weight is 218 g/mol. The van der Waals surface area contributed by atoms with Crippen molar-refractivity contribution in [3.8, 4) is 0 Å². The van der Waals surface area contributed by atoms with Crippen LogP contribution >= 0.6 is 0 Å². The van der Waals surface area contributed by atoms with E-state index in [9.17, 15) is 4.79 Å². The van der Waals surface area contributed by atoms with Crippen molar-refractivity contribution in [1.29, 1.82) is 0 Å². The Bertz CT molecular complexity index is 339. The highest BCUT2D eigenvalue weighted by atomic mass is 16.2. The van der Waals surface area contributed by atoms with Crippen LogP contribution in [-0.2, 0) is 4.79 Å². The molecule has 1 aliphatic heterocycles. The molecule has 3 nitrogen and oxygen atoms in total. The zero-order chi connectivity index (χ0) is 10.8. The lowest BCUT2D eigenvalue weighted by Crippen LogP contribution is -2.59. The number of hydrogen-bond donors (Lipinski definition) is 0. The lowest BCUT2D eigenvalue weighted by atomic mass is 9.52. The van der Waals surface area contributed by atoms with Crippen LogP contribution < -0.4 is 0 Å². The number of nitrogens with zero attached hydrogens (tertiary/aromatic N) is 2. The topological polar surface area (TPSA) is 32.7 Å².